The second-order valence-electron chi connectivity index (χ2n) is 7.25. The van der Waals surface area contributed by atoms with Crippen LogP contribution in [0.3, 0.4) is 0 Å². The smallest absolute Gasteiger partial charge is 0.313 e. The first-order valence-corrected chi connectivity index (χ1v) is 9.51. The molecule has 1 atom stereocenters. The molecule has 4 N–H and O–H groups in total. The Balaban J connectivity index is 1.98. The molecule has 0 aromatic heterocycles. The SMILES string of the molecule is CC[C@]1(c2ccc(NC(=O)C(=O)NCC(=O)NC(C)C)cc2)CCC(=O)NC1=O. The first-order chi connectivity index (χ1) is 13.7. The number of carbonyl (C=O) groups excluding carboxylic acids is 5. The maximum Gasteiger partial charge on any atom is 0.313 e. The van der Waals surface area contributed by atoms with Crippen molar-refractivity contribution >= 4 is 35.2 Å². The van der Waals surface area contributed by atoms with Crippen molar-refractivity contribution in [2.45, 2.75) is 51.5 Å². The summed E-state index contributed by atoms with van der Waals surface area (Å²) in [7, 11) is 0. The van der Waals surface area contributed by atoms with Crippen molar-refractivity contribution in [3.05, 3.63) is 29.8 Å². The minimum Gasteiger partial charge on any atom is -0.352 e. The van der Waals surface area contributed by atoms with Gasteiger partial charge < -0.3 is 16.0 Å². The monoisotopic (exact) mass is 402 g/mol. The van der Waals surface area contributed by atoms with E-state index in [1.165, 1.54) is 0 Å². The zero-order valence-electron chi connectivity index (χ0n) is 16.8. The van der Waals surface area contributed by atoms with Gasteiger partial charge in [0.15, 0.2) is 0 Å². The normalized spacial score (nSPS) is 18.8. The van der Waals surface area contributed by atoms with Gasteiger partial charge in [0.1, 0.15) is 0 Å². The third-order valence-electron chi connectivity index (χ3n) is 4.83. The average molecular weight is 402 g/mol. The van der Waals surface area contributed by atoms with Gasteiger partial charge in [-0.3, -0.25) is 29.3 Å². The predicted molar refractivity (Wildman–Crippen MR) is 106 cm³/mol. The van der Waals surface area contributed by atoms with Crippen LogP contribution in [-0.2, 0) is 29.4 Å². The fourth-order valence-corrected chi connectivity index (χ4v) is 3.24. The van der Waals surface area contributed by atoms with E-state index in [-0.39, 0.29) is 36.7 Å². The number of anilines is 1. The Hall–Kier alpha value is -3.23. The van der Waals surface area contributed by atoms with Crippen LogP contribution >= 0.6 is 0 Å². The van der Waals surface area contributed by atoms with Crippen molar-refractivity contribution in [3.63, 3.8) is 0 Å². The molecule has 0 aliphatic carbocycles. The fraction of sp³-hybridized carbons (Fsp3) is 0.450. The van der Waals surface area contributed by atoms with Crippen molar-refractivity contribution in [2.75, 3.05) is 11.9 Å². The molecule has 2 rings (SSSR count). The molecule has 1 heterocycles. The van der Waals surface area contributed by atoms with Crippen molar-refractivity contribution in [3.8, 4) is 0 Å². The molecule has 156 valence electrons. The highest BCUT2D eigenvalue weighted by Gasteiger charge is 2.42. The van der Waals surface area contributed by atoms with Gasteiger partial charge in [-0.2, -0.15) is 0 Å². The molecular weight excluding hydrogens is 376 g/mol. The molecule has 0 radical (unpaired) electrons. The lowest BCUT2D eigenvalue weighted by Crippen LogP contribution is -2.51. The molecule has 1 fully saturated rings. The van der Waals surface area contributed by atoms with E-state index in [2.05, 4.69) is 21.3 Å². The zero-order chi connectivity index (χ0) is 21.6. The topological polar surface area (TPSA) is 133 Å². The van der Waals surface area contributed by atoms with Crippen LogP contribution in [0.2, 0.25) is 0 Å². The van der Waals surface area contributed by atoms with Crippen LogP contribution in [0.4, 0.5) is 5.69 Å². The van der Waals surface area contributed by atoms with Crippen LogP contribution in [-0.4, -0.2) is 42.1 Å². The molecule has 1 saturated heterocycles. The molecule has 1 aromatic rings. The van der Waals surface area contributed by atoms with Crippen LogP contribution in [0.5, 0.6) is 0 Å². The maximum absolute atomic E-state index is 12.4. The summed E-state index contributed by atoms with van der Waals surface area (Å²) >= 11 is 0. The Kier molecular flexibility index (Phi) is 7.08. The van der Waals surface area contributed by atoms with E-state index in [1.54, 1.807) is 38.1 Å². The van der Waals surface area contributed by atoms with E-state index >= 15 is 0 Å². The number of benzene rings is 1. The van der Waals surface area contributed by atoms with E-state index in [0.29, 0.717) is 18.5 Å². The van der Waals surface area contributed by atoms with Crippen LogP contribution in [0, 0.1) is 0 Å². The van der Waals surface area contributed by atoms with Crippen molar-refractivity contribution in [1.29, 1.82) is 0 Å². The molecule has 5 amide bonds. The highest BCUT2D eigenvalue weighted by atomic mass is 16.2. The van der Waals surface area contributed by atoms with Gasteiger partial charge in [-0.1, -0.05) is 19.1 Å². The molecule has 1 aliphatic rings. The van der Waals surface area contributed by atoms with Crippen LogP contribution in [0.15, 0.2) is 24.3 Å². The van der Waals surface area contributed by atoms with Gasteiger partial charge in [-0.05, 0) is 44.4 Å². The number of hydrogen-bond acceptors (Lipinski definition) is 5. The Morgan fingerprint density at radius 1 is 1.10 bits per heavy atom. The minimum absolute atomic E-state index is 0.0671. The highest BCUT2D eigenvalue weighted by Crippen LogP contribution is 2.36. The summed E-state index contributed by atoms with van der Waals surface area (Å²) in [5.41, 5.74) is 0.314. The van der Waals surface area contributed by atoms with Crippen molar-refractivity contribution in [1.82, 2.24) is 16.0 Å². The summed E-state index contributed by atoms with van der Waals surface area (Å²) in [5.74, 6) is -2.83. The van der Waals surface area contributed by atoms with Gasteiger partial charge in [-0.15, -0.1) is 0 Å². The summed E-state index contributed by atoms with van der Waals surface area (Å²) < 4.78 is 0. The number of amides is 5. The largest absolute Gasteiger partial charge is 0.352 e. The molecule has 0 spiro atoms. The second-order valence-corrected chi connectivity index (χ2v) is 7.25. The molecule has 0 saturated carbocycles. The van der Waals surface area contributed by atoms with Crippen LogP contribution in [0.1, 0.15) is 45.6 Å². The summed E-state index contributed by atoms with van der Waals surface area (Å²) in [6, 6.07) is 6.51. The fourth-order valence-electron chi connectivity index (χ4n) is 3.24. The van der Waals surface area contributed by atoms with Gasteiger partial charge in [0.2, 0.25) is 17.7 Å². The third-order valence-corrected chi connectivity index (χ3v) is 4.83. The van der Waals surface area contributed by atoms with Gasteiger partial charge in [-0.25, -0.2) is 0 Å². The predicted octanol–water partition coefficient (Wildman–Crippen LogP) is 0.350. The number of imide groups is 1. The highest BCUT2D eigenvalue weighted by molar-refractivity contribution is 6.39. The van der Waals surface area contributed by atoms with Gasteiger partial charge >= 0.3 is 11.8 Å². The molecule has 9 heteroatoms. The lowest BCUT2D eigenvalue weighted by atomic mass is 9.72. The average Bonchev–Trinajstić information content (AvgIpc) is 2.67. The number of nitrogens with one attached hydrogen (secondary N) is 4. The molecule has 29 heavy (non-hydrogen) atoms. The minimum atomic E-state index is -0.928. The second kappa shape index (κ2) is 9.31. The van der Waals surface area contributed by atoms with Crippen molar-refractivity contribution in [2.24, 2.45) is 0 Å². The van der Waals surface area contributed by atoms with Crippen molar-refractivity contribution < 1.29 is 24.0 Å². The van der Waals surface area contributed by atoms with Gasteiger partial charge in [0, 0.05) is 18.2 Å². The third kappa shape index (κ3) is 5.40. The number of hydrogen-bond donors (Lipinski definition) is 4. The summed E-state index contributed by atoms with van der Waals surface area (Å²) in [4.78, 5) is 59.2. The van der Waals surface area contributed by atoms with Crippen LogP contribution in [0.25, 0.3) is 0 Å². The Bertz CT molecular complexity index is 819. The molecule has 9 nitrogen and oxygen atoms in total. The van der Waals surface area contributed by atoms with E-state index in [1.807, 2.05) is 6.92 Å². The lowest BCUT2D eigenvalue weighted by molar-refractivity contribution is -0.138. The van der Waals surface area contributed by atoms with E-state index in [0.717, 1.165) is 5.56 Å². The first-order valence-electron chi connectivity index (χ1n) is 9.51. The molecule has 1 aliphatic heterocycles. The zero-order valence-corrected chi connectivity index (χ0v) is 16.8. The molecule has 0 unspecified atom stereocenters. The number of piperidine rings is 1. The molecule has 1 aromatic carbocycles. The standard InChI is InChI=1S/C20H26N4O5/c1-4-20(10-9-15(25)24-19(20)29)13-5-7-14(8-6-13)23-18(28)17(27)21-11-16(26)22-12(2)3/h5-8,12H,4,9-11H2,1-3H3,(H,21,27)(H,22,26)(H,23,28)(H,24,25,29)/t20-/m1/s1. The quantitative estimate of drug-likeness (QED) is 0.402. The lowest BCUT2D eigenvalue weighted by Gasteiger charge is -2.35. The van der Waals surface area contributed by atoms with Gasteiger partial charge in [0.25, 0.3) is 0 Å². The van der Waals surface area contributed by atoms with E-state index in [4.69, 9.17) is 0 Å². The Morgan fingerprint density at radius 2 is 1.76 bits per heavy atom. The molecule has 0 bridgehead atoms. The van der Waals surface area contributed by atoms with E-state index < -0.39 is 17.2 Å². The molecular formula is C20H26N4O5. The first kappa shape index (κ1) is 22.1. The Morgan fingerprint density at radius 3 is 2.31 bits per heavy atom. The van der Waals surface area contributed by atoms with Crippen LogP contribution < -0.4 is 21.3 Å². The van der Waals surface area contributed by atoms with Gasteiger partial charge in [0.05, 0.1) is 12.0 Å². The summed E-state index contributed by atoms with van der Waals surface area (Å²) in [6.07, 6.45) is 1.21. The number of carbonyl (C=O) groups is 5. The maximum atomic E-state index is 12.4. The summed E-state index contributed by atoms with van der Waals surface area (Å²) in [5, 5.41) is 9.68. The number of rotatable bonds is 6. The summed E-state index contributed by atoms with van der Waals surface area (Å²) in [6.45, 7) is 5.15. The van der Waals surface area contributed by atoms with E-state index in [9.17, 15) is 24.0 Å². The Labute approximate surface area is 169 Å².